The summed E-state index contributed by atoms with van der Waals surface area (Å²) in [5.41, 5.74) is 2.16. The van der Waals surface area contributed by atoms with Crippen molar-refractivity contribution in [1.82, 2.24) is 19.7 Å². The number of anilines is 2. The third kappa shape index (κ3) is 3.75. The van der Waals surface area contributed by atoms with Crippen LogP contribution < -0.4 is 10.0 Å². The molecule has 7 nitrogen and oxygen atoms in total. The summed E-state index contributed by atoms with van der Waals surface area (Å²) in [5.74, 6) is 0.597. The van der Waals surface area contributed by atoms with E-state index in [1.807, 2.05) is 24.3 Å². The van der Waals surface area contributed by atoms with E-state index in [-0.39, 0.29) is 5.70 Å². The van der Waals surface area contributed by atoms with Gasteiger partial charge in [-0.2, -0.15) is 0 Å². The second-order valence-corrected chi connectivity index (χ2v) is 6.39. The largest absolute Gasteiger partial charge is 0.340 e. The minimum Gasteiger partial charge on any atom is -0.340 e. The average molecular weight is 406 g/mol. The zero-order chi connectivity index (χ0) is 17.1. The van der Waals surface area contributed by atoms with Gasteiger partial charge in [0.05, 0.1) is 23.1 Å². The van der Waals surface area contributed by atoms with Crippen molar-refractivity contribution >= 4 is 55.3 Å². The Bertz CT molecular complexity index is 950. The van der Waals surface area contributed by atoms with Crippen LogP contribution in [0.4, 0.5) is 11.5 Å². The molecule has 0 fully saturated rings. The van der Waals surface area contributed by atoms with Crippen LogP contribution in [-0.2, 0) is 11.3 Å². The van der Waals surface area contributed by atoms with Gasteiger partial charge in [0.1, 0.15) is 12.1 Å². The molecule has 1 unspecified atom stereocenters. The van der Waals surface area contributed by atoms with E-state index in [9.17, 15) is 4.21 Å². The fourth-order valence-corrected chi connectivity index (χ4v) is 2.80. The maximum absolute atomic E-state index is 10.9. The number of nitrogens with one attached hydrogen (secondary N) is 2. The van der Waals surface area contributed by atoms with E-state index < -0.39 is 11.3 Å². The molecule has 24 heavy (non-hydrogen) atoms. The van der Waals surface area contributed by atoms with Crippen molar-refractivity contribution in [2.24, 2.45) is 0 Å². The predicted octanol–water partition coefficient (Wildman–Crippen LogP) is 3.23. The van der Waals surface area contributed by atoms with Gasteiger partial charge in [-0.05, 0) is 24.3 Å². The normalized spacial score (nSPS) is 11.9. The number of rotatable bonds is 5. The van der Waals surface area contributed by atoms with E-state index in [1.165, 1.54) is 6.33 Å². The van der Waals surface area contributed by atoms with Gasteiger partial charge in [-0.15, -0.1) is 0 Å². The lowest BCUT2D eigenvalue weighted by molar-refractivity contribution is 0.559. The van der Waals surface area contributed by atoms with E-state index in [4.69, 9.17) is 4.55 Å². The SMILES string of the molecule is C=C(NS(=O)O)c1cc2c(Nc3cccc(Br)c3)ncnc2cn1. The molecule has 2 aromatic heterocycles. The molecular weight excluding hydrogens is 394 g/mol. The number of hydrogen-bond acceptors (Lipinski definition) is 5. The lowest BCUT2D eigenvalue weighted by atomic mass is 10.2. The van der Waals surface area contributed by atoms with Crippen LogP contribution in [0.2, 0.25) is 0 Å². The summed E-state index contributed by atoms with van der Waals surface area (Å²) >= 11 is 1.21. The van der Waals surface area contributed by atoms with Crippen molar-refractivity contribution in [2.45, 2.75) is 0 Å². The highest BCUT2D eigenvalue weighted by Gasteiger charge is 2.09. The van der Waals surface area contributed by atoms with Gasteiger partial charge in [-0.25, -0.2) is 14.2 Å². The van der Waals surface area contributed by atoms with Gasteiger partial charge in [0.25, 0.3) is 11.3 Å². The summed E-state index contributed by atoms with van der Waals surface area (Å²) in [6.07, 6.45) is 3.01. The topological polar surface area (TPSA) is 100 Å². The summed E-state index contributed by atoms with van der Waals surface area (Å²) in [7, 11) is 0. The van der Waals surface area contributed by atoms with Crippen molar-refractivity contribution in [2.75, 3.05) is 5.32 Å². The summed E-state index contributed by atoms with van der Waals surface area (Å²) < 4.78 is 23.0. The molecule has 0 aliphatic rings. The molecule has 2 heterocycles. The van der Waals surface area contributed by atoms with Gasteiger partial charge in [0, 0.05) is 15.5 Å². The Morgan fingerprint density at radius 2 is 2.08 bits per heavy atom. The van der Waals surface area contributed by atoms with Crippen LogP contribution in [0.25, 0.3) is 16.6 Å². The molecule has 9 heteroatoms. The Labute approximate surface area is 148 Å². The highest BCUT2D eigenvalue weighted by atomic mass is 79.9. The van der Waals surface area contributed by atoms with Gasteiger partial charge in [-0.3, -0.25) is 14.3 Å². The molecule has 0 radical (unpaired) electrons. The van der Waals surface area contributed by atoms with Crippen molar-refractivity contribution < 1.29 is 8.76 Å². The quantitative estimate of drug-likeness (QED) is 0.563. The molecule has 0 spiro atoms. The number of benzene rings is 1. The first-order chi connectivity index (χ1) is 11.5. The van der Waals surface area contributed by atoms with Crippen molar-refractivity contribution in [3.63, 3.8) is 0 Å². The minimum absolute atomic E-state index is 0.231. The zero-order valence-electron chi connectivity index (χ0n) is 12.2. The third-order valence-electron chi connectivity index (χ3n) is 3.13. The molecule has 3 N–H and O–H groups in total. The molecule has 0 aliphatic carbocycles. The van der Waals surface area contributed by atoms with Gasteiger partial charge in [-0.1, -0.05) is 28.6 Å². The fraction of sp³-hybridized carbons (Fsp3) is 0. The molecule has 0 saturated heterocycles. The van der Waals surface area contributed by atoms with Gasteiger partial charge in [0.2, 0.25) is 0 Å². The molecule has 1 atom stereocenters. The van der Waals surface area contributed by atoms with Crippen LogP contribution in [0.3, 0.4) is 0 Å². The smallest absolute Gasteiger partial charge is 0.259 e. The van der Waals surface area contributed by atoms with Gasteiger partial charge < -0.3 is 5.32 Å². The summed E-state index contributed by atoms with van der Waals surface area (Å²) in [6, 6.07) is 9.38. The van der Waals surface area contributed by atoms with Gasteiger partial charge in [0.15, 0.2) is 0 Å². The second-order valence-electron chi connectivity index (χ2n) is 4.77. The fourth-order valence-electron chi connectivity index (χ4n) is 2.08. The van der Waals surface area contributed by atoms with Crippen LogP contribution in [0.5, 0.6) is 0 Å². The van der Waals surface area contributed by atoms with E-state index in [2.05, 4.69) is 47.5 Å². The Morgan fingerprint density at radius 3 is 2.83 bits per heavy atom. The van der Waals surface area contributed by atoms with Crippen molar-refractivity contribution in [3.8, 4) is 0 Å². The summed E-state index contributed by atoms with van der Waals surface area (Å²) in [6.45, 7) is 3.70. The first-order valence-electron chi connectivity index (χ1n) is 6.73. The van der Waals surface area contributed by atoms with Crippen molar-refractivity contribution in [1.29, 1.82) is 0 Å². The molecule has 0 saturated carbocycles. The predicted molar refractivity (Wildman–Crippen MR) is 97.7 cm³/mol. The molecule has 122 valence electrons. The number of hydrogen-bond donors (Lipinski definition) is 3. The van der Waals surface area contributed by atoms with E-state index in [0.717, 1.165) is 10.2 Å². The molecule has 3 rings (SSSR count). The number of aromatic nitrogens is 3. The first kappa shape index (κ1) is 16.5. The number of nitrogens with zero attached hydrogens (tertiary/aromatic N) is 3. The van der Waals surface area contributed by atoms with Crippen LogP contribution in [-0.4, -0.2) is 23.7 Å². The van der Waals surface area contributed by atoms with E-state index >= 15 is 0 Å². The van der Waals surface area contributed by atoms with E-state index in [0.29, 0.717) is 22.4 Å². The highest BCUT2D eigenvalue weighted by molar-refractivity contribution is 9.10. The summed E-state index contributed by atoms with van der Waals surface area (Å²) in [4.78, 5) is 12.6. The molecule has 1 aromatic carbocycles. The second kappa shape index (κ2) is 7.04. The minimum atomic E-state index is -2.21. The van der Waals surface area contributed by atoms with Gasteiger partial charge >= 0.3 is 0 Å². The highest BCUT2D eigenvalue weighted by Crippen LogP contribution is 2.25. The monoisotopic (exact) mass is 405 g/mol. The van der Waals surface area contributed by atoms with Crippen molar-refractivity contribution in [3.05, 3.63) is 59.6 Å². The zero-order valence-corrected chi connectivity index (χ0v) is 14.6. The van der Waals surface area contributed by atoms with Crippen LogP contribution in [0.1, 0.15) is 5.69 Å². The van der Waals surface area contributed by atoms with E-state index in [1.54, 1.807) is 12.3 Å². The first-order valence-corrected chi connectivity index (χ1v) is 8.63. The maximum atomic E-state index is 10.9. The maximum Gasteiger partial charge on any atom is 0.259 e. The lowest BCUT2D eigenvalue weighted by Crippen LogP contribution is -2.14. The number of pyridine rings is 1. The standard InChI is InChI=1S/C15H12BrN5O2S/c1-9(21-24(22)23)13-6-12-14(7-17-13)18-8-19-15(12)20-11-4-2-3-10(16)5-11/h2-8,21H,1H2,(H,22,23)(H,18,19,20). The Morgan fingerprint density at radius 1 is 1.25 bits per heavy atom. The van der Waals surface area contributed by atoms with Crippen LogP contribution >= 0.6 is 15.9 Å². The summed E-state index contributed by atoms with van der Waals surface area (Å²) in [5, 5.41) is 3.94. The van der Waals surface area contributed by atoms with Crippen LogP contribution in [0, 0.1) is 0 Å². The van der Waals surface area contributed by atoms with Crippen LogP contribution in [0.15, 0.2) is 53.9 Å². The molecule has 3 aromatic rings. The Balaban J connectivity index is 2.01. The molecular formula is C15H12BrN5O2S. The lowest BCUT2D eigenvalue weighted by Gasteiger charge is -2.10. The average Bonchev–Trinajstić information content (AvgIpc) is 2.54. The number of fused-ring (bicyclic) bond motifs is 1. The molecule has 0 bridgehead atoms. The third-order valence-corrected chi connectivity index (χ3v) is 4.04. The Kier molecular flexibility index (Phi) is 4.84. The molecule has 0 amide bonds. The molecule has 0 aliphatic heterocycles. The Hall–Kier alpha value is -2.36. The number of halogens is 1.